The zero-order valence-electron chi connectivity index (χ0n) is 12.1. The minimum Gasteiger partial charge on any atom is -0.229 e. The van der Waals surface area contributed by atoms with Crippen LogP contribution in [0.3, 0.4) is 0 Å². The molecule has 0 bridgehead atoms. The molecular weight excluding hydrogens is 330 g/mol. The highest BCUT2D eigenvalue weighted by molar-refractivity contribution is 7.92. The van der Waals surface area contributed by atoms with Gasteiger partial charge in [0.15, 0.2) is 9.84 Å². The van der Waals surface area contributed by atoms with Crippen molar-refractivity contribution in [2.45, 2.75) is 49.4 Å². The van der Waals surface area contributed by atoms with Crippen LogP contribution in [0.1, 0.15) is 29.7 Å². The molecule has 1 unspecified atom stereocenters. The molecule has 1 atom stereocenters. The molecule has 21 heavy (non-hydrogen) atoms. The molecule has 1 aromatic heterocycles. The molecule has 1 aromatic rings. The normalized spacial score (nSPS) is 25.6. The van der Waals surface area contributed by atoms with Crippen molar-refractivity contribution in [3.05, 3.63) is 16.5 Å². The Balaban J connectivity index is 1.97. The van der Waals surface area contributed by atoms with Crippen molar-refractivity contribution in [2.24, 2.45) is 0 Å². The Hall–Kier alpha value is -0.440. The summed E-state index contributed by atoms with van der Waals surface area (Å²) in [5.74, 6) is 0.0605. The van der Waals surface area contributed by atoms with Crippen LogP contribution in [0, 0.1) is 13.8 Å². The summed E-state index contributed by atoms with van der Waals surface area (Å²) in [6, 6.07) is 1.29. The molecule has 2 aliphatic rings. The summed E-state index contributed by atoms with van der Waals surface area (Å²) < 4.78 is 51.1. The minimum atomic E-state index is -3.59. The van der Waals surface area contributed by atoms with Gasteiger partial charge < -0.3 is 0 Å². The zero-order valence-corrected chi connectivity index (χ0v) is 14.5. The van der Waals surface area contributed by atoms with Crippen molar-refractivity contribution in [1.82, 2.24) is 4.31 Å². The van der Waals surface area contributed by atoms with Crippen LogP contribution in [0.4, 0.5) is 0 Å². The zero-order chi connectivity index (χ0) is 15.4. The van der Waals surface area contributed by atoms with Crippen molar-refractivity contribution in [2.75, 3.05) is 11.5 Å². The molecule has 2 fully saturated rings. The lowest BCUT2D eigenvalue weighted by Crippen LogP contribution is -2.42. The summed E-state index contributed by atoms with van der Waals surface area (Å²) in [5.41, 5.74) is 0.966. The fraction of sp³-hybridized carbons (Fsp3) is 0.692. The van der Waals surface area contributed by atoms with Gasteiger partial charge in [-0.05, 0) is 44.7 Å². The van der Waals surface area contributed by atoms with Crippen LogP contribution in [-0.4, -0.2) is 44.7 Å². The topological polar surface area (TPSA) is 71.5 Å². The van der Waals surface area contributed by atoms with Crippen LogP contribution in [-0.2, 0) is 19.9 Å². The van der Waals surface area contributed by atoms with E-state index in [0.717, 1.165) is 23.3 Å². The van der Waals surface area contributed by atoms with Gasteiger partial charge >= 0.3 is 0 Å². The Morgan fingerprint density at radius 3 is 2.29 bits per heavy atom. The highest BCUT2D eigenvalue weighted by Gasteiger charge is 2.46. The van der Waals surface area contributed by atoms with E-state index >= 15 is 0 Å². The Labute approximate surface area is 129 Å². The largest absolute Gasteiger partial charge is 0.253 e. The molecule has 0 radical (unpaired) electrons. The van der Waals surface area contributed by atoms with Crippen LogP contribution in [0.25, 0.3) is 0 Å². The first-order valence-corrected chi connectivity index (χ1v) is 11.1. The molecule has 1 saturated heterocycles. The number of aryl methyl sites for hydroxylation is 2. The fourth-order valence-corrected chi connectivity index (χ4v) is 8.09. The standard InChI is InChI=1S/C13H19NO4S3/c1-9-7-13(19-10(9)2)21(17,18)14(11-3-4-11)12-5-6-20(15,16)8-12/h7,11-12H,3-6,8H2,1-2H3. The average molecular weight is 349 g/mol. The summed E-state index contributed by atoms with van der Waals surface area (Å²) in [6.45, 7) is 3.80. The maximum absolute atomic E-state index is 12.9. The molecule has 8 heteroatoms. The number of nitrogens with zero attached hydrogens (tertiary/aromatic N) is 1. The number of sulfone groups is 1. The number of thiophene rings is 1. The second kappa shape index (κ2) is 5.04. The molecule has 0 N–H and O–H groups in total. The van der Waals surface area contributed by atoms with E-state index < -0.39 is 25.9 Å². The average Bonchev–Trinajstić information content (AvgIpc) is 3.04. The number of rotatable bonds is 4. The summed E-state index contributed by atoms with van der Waals surface area (Å²) >= 11 is 1.27. The predicted molar refractivity (Wildman–Crippen MR) is 82.9 cm³/mol. The van der Waals surface area contributed by atoms with Gasteiger partial charge in [0.05, 0.1) is 11.5 Å². The lowest BCUT2D eigenvalue weighted by Gasteiger charge is -2.26. The Kier molecular flexibility index (Phi) is 3.71. The third kappa shape index (κ3) is 2.91. The summed E-state index contributed by atoms with van der Waals surface area (Å²) in [5, 5.41) is 0. The molecule has 5 nitrogen and oxygen atoms in total. The van der Waals surface area contributed by atoms with Gasteiger partial charge in [-0.15, -0.1) is 11.3 Å². The smallest absolute Gasteiger partial charge is 0.229 e. The SMILES string of the molecule is Cc1cc(S(=O)(=O)N(C2CC2)C2CCS(=O)(=O)C2)sc1C. The minimum absolute atomic E-state index is 0.0176. The lowest BCUT2D eigenvalue weighted by molar-refractivity contribution is 0.333. The van der Waals surface area contributed by atoms with Gasteiger partial charge in [0.1, 0.15) is 4.21 Å². The van der Waals surface area contributed by atoms with Gasteiger partial charge in [-0.25, -0.2) is 16.8 Å². The maximum atomic E-state index is 12.9. The van der Waals surface area contributed by atoms with Crippen LogP contribution in [0.5, 0.6) is 0 Å². The van der Waals surface area contributed by atoms with Crippen LogP contribution < -0.4 is 0 Å². The van der Waals surface area contributed by atoms with Crippen molar-refractivity contribution < 1.29 is 16.8 Å². The second-order valence-electron chi connectivity index (χ2n) is 5.93. The highest BCUT2D eigenvalue weighted by atomic mass is 32.2. The lowest BCUT2D eigenvalue weighted by atomic mass is 10.2. The van der Waals surface area contributed by atoms with Gasteiger partial charge in [0, 0.05) is 17.0 Å². The molecule has 3 rings (SSSR count). The van der Waals surface area contributed by atoms with E-state index in [-0.39, 0.29) is 17.5 Å². The first kappa shape index (κ1) is 15.5. The molecule has 1 aliphatic carbocycles. The van der Waals surface area contributed by atoms with E-state index in [1.54, 1.807) is 6.07 Å². The van der Waals surface area contributed by atoms with Gasteiger partial charge in [0.2, 0.25) is 0 Å². The highest BCUT2D eigenvalue weighted by Crippen LogP contribution is 2.39. The molecule has 1 aliphatic heterocycles. The van der Waals surface area contributed by atoms with Crippen molar-refractivity contribution in [3.8, 4) is 0 Å². The molecule has 1 saturated carbocycles. The number of hydrogen-bond acceptors (Lipinski definition) is 5. The van der Waals surface area contributed by atoms with Crippen molar-refractivity contribution in [1.29, 1.82) is 0 Å². The summed E-state index contributed by atoms with van der Waals surface area (Å²) in [7, 11) is -6.68. The van der Waals surface area contributed by atoms with Crippen molar-refractivity contribution >= 4 is 31.2 Å². The van der Waals surface area contributed by atoms with Crippen LogP contribution >= 0.6 is 11.3 Å². The van der Waals surface area contributed by atoms with E-state index in [1.807, 2.05) is 13.8 Å². The number of hydrogen-bond donors (Lipinski definition) is 0. The first-order chi connectivity index (χ1) is 9.71. The quantitative estimate of drug-likeness (QED) is 0.829. The first-order valence-electron chi connectivity index (χ1n) is 7.02. The van der Waals surface area contributed by atoms with Gasteiger partial charge in [-0.1, -0.05) is 0 Å². The third-order valence-corrected chi connectivity index (χ3v) is 9.51. The summed E-state index contributed by atoms with van der Waals surface area (Å²) in [6.07, 6.45) is 2.08. The van der Waals surface area contributed by atoms with E-state index in [0.29, 0.717) is 10.6 Å². The van der Waals surface area contributed by atoms with Gasteiger partial charge in [0.25, 0.3) is 10.0 Å². The molecule has 0 spiro atoms. The monoisotopic (exact) mass is 349 g/mol. The molecule has 0 amide bonds. The van der Waals surface area contributed by atoms with Gasteiger partial charge in [-0.3, -0.25) is 0 Å². The molecule has 2 heterocycles. The Morgan fingerprint density at radius 1 is 1.19 bits per heavy atom. The fourth-order valence-electron chi connectivity index (χ4n) is 2.77. The van der Waals surface area contributed by atoms with Crippen LogP contribution in [0.2, 0.25) is 0 Å². The van der Waals surface area contributed by atoms with E-state index in [4.69, 9.17) is 0 Å². The van der Waals surface area contributed by atoms with E-state index in [9.17, 15) is 16.8 Å². The Bertz CT molecular complexity index is 740. The predicted octanol–water partition coefficient (Wildman–Crippen LogP) is 1.71. The van der Waals surface area contributed by atoms with Gasteiger partial charge in [-0.2, -0.15) is 4.31 Å². The number of sulfonamides is 1. The molecular formula is C13H19NO4S3. The molecule has 0 aromatic carbocycles. The summed E-state index contributed by atoms with van der Waals surface area (Å²) in [4.78, 5) is 0.989. The second-order valence-corrected chi connectivity index (χ2v) is 11.5. The third-order valence-electron chi connectivity index (χ3n) is 4.15. The van der Waals surface area contributed by atoms with E-state index in [1.165, 1.54) is 15.6 Å². The van der Waals surface area contributed by atoms with Crippen LogP contribution in [0.15, 0.2) is 10.3 Å². The van der Waals surface area contributed by atoms with Crippen molar-refractivity contribution in [3.63, 3.8) is 0 Å². The molecule has 118 valence electrons. The maximum Gasteiger partial charge on any atom is 0.253 e. The van der Waals surface area contributed by atoms with E-state index in [2.05, 4.69) is 0 Å². The Morgan fingerprint density at radius 2 is 1.86 bits per heavy atom.